The van der Waals surface area contributed by atoms with Crippen LogP contribution in [-0.2, 0) is 15.9 Å². The number of aromatic nitrogens is 2. The lowest BCUT2D eigenvalue weighted by molar-refractivity contribution is -0.183. The first-order valence-electron chi connectivity index (χ1n) is 11.3. The molecule has 33 heavy (non-hydrogen) atoms. The maximum absolute atomic E-state index is 14.9. The zero-order chi connectivity index (χ0) is 22.5. The molecule has 1 aliphatic heterocycles. The Kier molecular flexibility index (Phi) is 6.86. The molecule has 6 heteroatoms. The number of pyridine rings is 1. The van der Waals surface area contributed by atoms with Gasteiger partial charge in [-0.1, -0.05) is 59.9 Å². The summed E-state index contributed by atoms with van der Waals surface area (Å²) in [7, 11) is 0. The third-order valence-corrected chi connectivity index (χ3v) is 6.55. The molecule has 0 radical (unpaired) electrons. The summed E-state index contributed by atoms with van der Waals surface area (Å²) >= 11 is 1.42. The molecule has 3 heterocycles. The van der Waals surface area contributed by atoms with Crippen LogP contribution < -0.4 is 0 Å². The zero-order valence-corrected chi connectivity index (χ0v) is 19.1. The summed E-state index contributed by atoms with van der Waals surface area (Å²) < 4.78 is 26.0. The van der Waals surface area contributed by atoms with E-state index in [-0.39, 0.29) is 5.82 Å². The van der Waals surface area contributed by atoms with Crippen molar-refractivity contribution >= 4 is 27.8 Å². The molecule has 0 bridgehead atoms. The van der Waals surface area contributed by atoms with Gasteiger partial charge in [0.25, 0.3) is 0 Å². The summed E-state index contributed by atoms with van der Waals surface area (Å²) in [5, 5.41) is 0.634. The summed E-state index contributed by atoms with van der Waals surface area (Å²) in [5.74, 6) is -0.324. The zero-order valence-electron chi connectivity index (χ0n) is 18.2. The maximum atomic E-state index is 14.9. The predicted molar refractivity (Wildman–Crippen MR) is 130 cm³/mol. The molecule has 1 fully saturated rings. The van der Waals surface area contributed by atoms with E-state index >= 15 is 0 Å². The number of rotatable bonds is 7. The van der Waals surface area contributed by atoms with Crippen LogP contribution in [0.2, 0.25) is 0 Å². The van der Waals surface area contributed by atoms with Crippen LogP contribution >= 0.6 is 11.3 Å². The number of ether oxygens (including phenoxy) is 2. The van der Waals surface area contributed by atoms with Gasteiger partial charge in [-0.3, -0.25) is 0 Å². The molecule has 0 spiro atoms. The number of fused-ring (bicyclic) bond motifs is 1. The molecule has 0 unspecified atom stereocenters. The second-order valence-electron chi connectivity index (χ2n) is 8.02. The smallest absolute Gasteiger partial charge is 0.183 e. The minimum Gasteiger partial charge on any atom is -0.348 e. The molecule has 2 aromatic heterocycles. The quantitative estimate of drug-likeness (QED) is 0.279. The standard InChI is InChI=1S/C27H25FN2O2S/c28-23-18-20(27-31-16-7-17-32-27)12-14-22(23)25-30-24-15-13-21(29-26(24)33-25)11-6-2-5-10-19-8-3-1-4-9-19/h1,3-5,8-10,12-15,18,27H,2,6-7,11,16-17H2. The van der Waals surface area contributed by atoms with Crippen molar-refractivity contribution in [1.29, 1.82) is 0 Å². The lowest BCUT2D eigenvalue weighted by Gasteiger charge is -2.23. The lowest BCUT2D eigenvalue weighted by Crippen LogP contribution is -2.17. The third kappa shape index (κ3) is 5.36. The van der Waals surface area contributed by atoms with Gasteiger partial charge in [-0.15, -0.1) is 0 Å². The topological polar surface area (TPSA) is 44.2 Å². The van der Waals surface area contributed by atoms with E-state index in [9.17, 15) is 4.39 Å². The number of hydrogen-bond acceptors (Lipinski definition) is 5. The summed E-state index contributed by atoms with van der Waals surface area (Å²) in [4.78, 5) is 10.2. The Hall–Kier alpha value is -2.93. The van der Waals surface area contributed by atoms with Crippen LogP contribution in [0.15, 0.2) is 66.7 Å². The van der Waals surface area contributed by atoms with Gasteiger partial charge >= 0.3 is 0 Å². The van der Waals surface area contributed by atoms with Crippen LogP contribution in [0.25, 0.3) is 27.0 Å². The largest absolute Gasteiger partial charge is 0.348 e. The second kappa shape index (κ2) is 10.3. The number of benzene rings is 2. The molecule has 5 rings (SSSR count). The van der Waals surface area contributed by atoms with Gasteiger partial charge in [-0.25, -0.2) is 14.4 Å². The Labute approximate surface area is 196 Å². The minimum absolute atomic E-state index is 0.324. The van der Waals surface area contributed by atoms with E-state index in [0.29, 0.717) is 29.3 Å². The van der Waals surface area contributed by atoms with E-state index < -0.39 is 6.29 Å². The average molecular weight is 461 g/mol. The first kappa shape index (κ1) is 21.9. The molecular formula is C27H25FN2O2S. The average Bonchev–Trinajstić information content (AvgIpc) is 3.28. The number of allylic oxidation sites excluding steroid dienone is 1. The number of unbranched alkanes of at least 4 members (excludes halogenated alkanes) is 1. The third-order valence-electron chi connectivity index (χ3n) is 5.55. The van der Waals surface area contributed by atoms with E-state index in [0.717, 1.165) is 41.7 Å². The Balaban J connectivity index is 1.25. The van der Waals surface area contributed by atoms with Gasteiger partial charge < -0.3 is 9.47 Å². The predicted octanol–water partition coefficient (Wildman–Crippen LogP) is 6.97. The molecule has 0 atom stereocenters. The molecule has 2 aromatic carbocycles. The minimum atomic E-state index is -0.496. The van der Waals surface area contributed by atoms with E-state index in [4.69, 9.17) is 14.5 Å². The second-order valence-corrected chi connectivity index (χ2v) is 9.00. The Morgan fingerprint density at radius 2 is 1.85 bits per heavy atom. The summed E-state index contributed by atoms with van der Waals surface area (Å²) in [6, 6.07) is 19.4. The molecule has 1 aliphatic rings. The highest BCUT2D eigenvalue weighted by Gasteiger charge is 2.19. The van der Waals surface area contributed by atoms with Crippen molar-refractivity contribution < 1.29 is 13.9 Å². The summed E-state index contributed by atoms with van der Waals surface area (Å²) in [6.07, 6.45) is 7.63. The fourth-order valence-electron chi connectivity index (χ4n) is 3.83. The SMILES string of the molecule is Fc1cc(C2OCCCO2)ccc1-c1nc2ccc(CCCC=Cc3ccccc3)nc2s1. The number of halogens is 1. The van der Waals surface area contributed by atoms with Crippen molar-refractivity contribution in [3.63, 3.8) is 0 Å². The van der Waals surface area contributed by atoms with Crippen LogP contribution in [0.5, 0.6) is 0 Å². The van der Waals surface area contributed by atoms with E-state index in [1.165, 1.54) is 23.0 Å². The molecule has 4 nitrogen and oxygen atoms in total. The molecule has 0 N–H and O–H groups in total. The fraction of sp³-hybridized carbons (Fsp3) is 0.259. The summed E-state index contributed by atoms with van der Waals surface area (Å²) in [5.41, 5.74) is 4.22. The molecule has 1 saturated heterocycles. The molecule has 0 aliphatic carbocycles. The van der Waals surface area contributed by atoms with Gasteiger partial charge in [0.1, 0.15) is 21.2 Å². The Morgan fingerprint density at radius 1 is 1.00 bits per heavy atom. The van der Waals surface area contributed by atoms with Crippen LogP contribution in [0.4, 0.5) is 4.39 Å². The molecule has 168 valence electrons. The normalized spacial score (nSPS) is 14.9. The highest BCUT2D eigenvalue weighted by molar-refractivity contribution is 7.21. The van der Waals surface area contributed by atoms with Gasteiger partial charge in [-0.05, 0) is 55.5 Å². The van der Waals surface area contributed by atoms with Gasteiger partial charge in [0, 0.05) is 16.8 Å². The molecule has 4 aromatic rings. The van der Waals surface area contributed by atoms with Crippen molar-refractivity contribution in [3.8, 4) is 10.6 Å². The van der Waals surface area contributed by atoms with Crippen LogP contribution in [0.3, 0.4) is 0 Å². The number of hydrogen-bond donors (Lipinski definition) is 0. The maximum Gasteiger partial charge on any atom is 0.183 e. The van der Waals surface area contributed by atoms with Crippen molar-refractivity contribution in [1.82, 2.24) is 9.97 Å². The van der Waals surface area contributed by atoms with Crippen molar-refractivity contribution in [2.75, 3.05) is 13.2 Å². The van der Waals surface area contributed by atoms with Crippen LogP contribution in [0.1, 0.15) is 42.4 Å². The van der Waals surface area contributed by atoms with Crippen molar-refractivity contribution in [3.05, 3.63) is 89.4 Å². The number of nitrogens with zero attached hydrogens (tertiary/aromatic N) is 2. The highest BCUT2D eigenvalue weighted by atomic mass is 32.1. The number of aryl methyl sites for hydroxylation is 1. The molecule has 0 amide bonds. The Morgan fingerprint density at radius 3 is 2.67 bits per heavy atom. The van der Waals surface area contributed by atoms with Crippen molar-refractivity contribution in [2.45, 2.75) is 32.0 Å². The highest BCUT2D eigenvalue weighted by Crippen LogP contribution is 2.33. The molecular weight excluding hydrogens is 435 g/mol. The Bertz CT molecular complexity index is 1250. The first-order chi connectivity index (χ1) is 16.3. The van der Waals surface area contributed by atoms with Crippen molar-refractivity contribution in [2.24, 2.45) is 0 Å². The molecule has 0 saturated carbocycles. The van der Waals surface area contributed by atoms with E-state index in [1.54, 1.807) is 6.07 Å². The lowest BCUT2D eigenvalue weighted by atomic mass is 10.1. The van der Waals surface area contributed by atoms with E-state index in [1.807, 2.05) is 36.4 Å². The van der Waals surface area contributed by atoms with Gasteiger partial charge in [0.05, 0.1) is 13.2 Å². The van der Waals surface area contributed by atoms with Gasteiger partial charge in [0.15, 0.2) is 6.29 Å². The van der Waals surface area contributed by atoms with Gasteiger partial charge in [0.2, 0.25) is 0 Å². The first-order valence-corrected chi connectivity index (χ1v) is 12.1. The van der Waals surface area contributed by atoms with Crippen LogP contribution in [0, 0.1) is 5.82 Å². The monoisotopic (exact) mass is 460 g/mol. The summed E-state index contributed by atoms with van der Waals surface area (Å²) in [6.45, 7) is 1.26. The number of thiazole rings is 1. The van der Waals surface area contributed by atoms with Gasteiger partial charge in [-0.2, -0.15) is 0 Å². The fourth-order valence-corrected chi connectivity index (χ4v) is 4.81. The van der Waals surface area contributed by atoms with Crippen LogP contribution in [-0.4, -0.2) is 23.2 Å². The van der Waals surface area contributed by atoms with E-state index in [2.05, 4.69) is 29.3 Å².